The minimum atomic E-state index is -0.617. The standard InChI is InChI=1S/C32H47N7O3/c1-7-24-15-16-25(36-30(24)33-6)12-10-11-19-39(21-18-34-23(2)40)20-17-28(31(41)42-32(3,4)5)38-29-22-35-26-13-8-9-14-27(26)37-29/h8-9,13-16,22,28H,7,10-12,17-21H2,1-6H3,(H,33,36)(H,34,40)(H,37,38). The van der Waals surface area contributed by atoms with Crippen molar-refractivity contribution < 1.29 is 14.3 Å². The molecule has 0 radical (unpaired) electrons. The summed E-state index contributed by atoms with van der Waals surface area (Å²) in [7, 11) is 1.91. The van der Waals surface area contributed by atoms with Crippen molar-refractivity contribution in [3.05, 3.63) is 53.9 Å². The van der Waals surface area contributed by atoms with Gasteiger partial charge in [-0.05, 0) is 83.2 Å². The van der Waals surface area contributed by atoms with Crippen LogP contribution in [-0.2, 0) is 27.2 Å². The van der Waals surface area contributed by atoms with Gasteiger partial charge in [-0.25, -0.2) is 14.8 Å². The number of nitrogens with one attached hydrogen (secondary N) is 3. The Morgan fingerprint density at radius 1 is 1.00 bits per heavy atom. The van der Waals surface area contributed by atoms with Crippen LogP contribution in [0, 0.1) is 0 Å². The minimum Gasteiger partial charge on any atom is -0.458 e. The number of hydrogen-bond acceptors (Lipinski definition) is 9. The Hall–Kier alpha value is -3.79. The zero-order chi connectivity index (χ0) is 30.5. The SMILES string of the molecule is CCc1ccc(CCCCN(CCNC(C)=O)CCC(Nc2cnc3ccccc3n2)C(=O)OC(C)(C)C)nc1NC. The Labute approximate surface area is 250 Å². The quantitative estimate of drug-likeness (QED) is 0.166. The third-order valence-corrected chi connectivity index (χ3v) is 6.81. The fourth-order valence-electron chi connectivity index (χ4n) is 4.68. The summed E-state index contributed by atoms with van der Waals surface area (Å²) in [6, 6.07) is 11.3. The largest absolute Gasteiger partial charge is 0.458 e. The van der Waals surface area contributed by atoms with Crippen molar-refractivity contribution in [2.75, 3.05) is 43.9 Å². The number of benzene rings is 1. The van der Waals surface area contributed by atoms with Gasteiger partial charge in [-0.15, -0.1) is 0 Å². The number of fused-ring (bicyclic) bond motifs is 1. The number of pyridine rings is 1. The number of amides is 1. The van der Waals surface area contributed by atoms with E-state index in [2.05, 4.69) is 49.9 Å². The molecule has 3 aromatic rings. The average molecular weight is 578 g/mol. The molecule has 1 unspecified atom stereocenters. The van der Waals surface area contributed by atoms with Gasteiger partial charge < -0.3 is 25.6 Å². The number of carbonyl (C=O) groups excluding carboxylic acids is 2. The molecule has 1 amide bonds. The van der Waals surface area contributed by atoms with Crippen molar-refractivity contribution in [3.8, 4) is 0 Å². The molecule has 0 spiro atoms. The number of rotatable bonds is 16. The second-order valence-electron chi connectivity index (χ2n) is 11.5. The highest BCUT2D eigenvalue weighted by molar-refractivity contribution is 5.80. The van der Waals surface area contributed by atoms with Gasteiger partial charge in [-0.1, -0.05) is 25.1 Å². The molecule has 3 N–H and O–H groups in total. The Kier molecular flexibility index (Phi) is 12.5. The van der Waals surface area contributed by atoms with Crippen molar-refractivity contribution in [3.63, 3.8) is 0 Å². The summed E-state index contributed by atoms with van der Waals surface area (Å²) in [6.45, 7) is 11.9. The minimum absolute atomic E-state index is 0.0555. The van der Waals surface area contributed by atoms with E-state index in [-0.39, 0.29) is 11.9 Å². The Morgan fingerprint density at radius 3 is 2.45 bits per heavy atom. The summed E-state index contributed by atoms with van der Waals surface area (Å²) < 4.78 is 5.75. The maximum absolute atomic E-state index is 13.2. The molecule has 0 aliphatic rings. The molecule has 228 valence electrons. The van der Waals surface area contributed by atoms with Crippen LogP contribution in [-0.4, -0.2) is 76.6 Å². The number of esters is 1. The lowest BCUT2D eigenvalue weighted by molar-refractivity contribution is -0.156. The topological polar surface area (TPSA) is 121 Å². The second-order valence-corrected chi connectivity index (χ2v) is 11.5. The van der Waals surface area contributed by atoms with E-state index in [1.807, 2.05) is 52.1 Å². The molecule has 42 heavy (non-hydrogen) atoms. The van der Waals surface area contributed by atoms with Crippen LogP contribution in [0.4, 0.5) is 11.6 Å². The number of nitrogens with zero attached hydrogens (tertiary/aromatic N) is 4. The Morgan fingerprint density at radius 2 is 1.76 bits per heavy atom. The van der Waals surface area contributed by atoms with Gasteiger partial charge in [0.05, 0.1) is 17.2 Å². The lowest BCUT2D eigenvalue weighted by Gasteiger charge is -2.28. The van der Waals surface area contributed by atoms with Crippen molar-refractivity contribution in [2.45, 2.75) is 78.4 Å². The first kappa shape index (κ1) is 32.7. The van der Waals surface area contributed by atoms with Gasteiger partial charge in [0.15, 0.2) is 0 Å². The summed E-state index contributed by atoms with van der Waals surface area (Å²) in [5.74, 6) is 1.09. The first-order valence-electron chi connectivity index (χ1n) is 14.9. The van der Waals surface area contributed by atoms with E-state index in [4.69, 9.17) is 9.72 Å². The summed E-state index contributed by atoms with van der Waals surface area (Å²) >= 11 is 0. The van der Waals surface area contributed by atoms with E-state index in [0.29, 0.717) is 31.9 Å². The normalized spacial score (nSPS) is 12.3. The average Bonchev–Trinajstić information content (AvgIpc) is 2.95. The van der Waals surface area contributed by atoms with E-state index < -0.39 is 11.6 Å². The van der Waals surface area contributed by atoms with E-state index in [9.17, 15) is 9.59 Å². The summed E-state index contributed by atoms with van der Waals surface area (Å²) in [5.41, 5.74) is 3.22. The van der Waals surface area contributed by atoms with Gasteiger partial charge in [-0.2, -0.15) is 0 Å². The number of hydrogen-bond donors (Lipinski definition) is 3. The van der Waals surface area contributed by atoms with Gasteiger partial charge in [0, 0.05) is 39.3 Å². The van der Waals surface area contributed by atoms with Gasteiger partial charge in [0.2, 0.25) is 5.91 Å². The molecule has 0 saturated heterocycles. The molecule has 0 saturated carbocycles. The molecule has 2 aromatic heterocycles. The Balaban J connectivity index is 1.65. The summed E-state index contributed by atoms with van der Waals surface area (Å²) in [6.07, 6.45) is 5.94. The zero-order valence-corrected chi connectivity index (χ0v) is 26.0. The van der Waals surface area contributed by atoms with Crippen LogP contribution in [0.15, 0.2) is 42.6 Å². The third kappa shape index (κ3) is 10.9. The van der Waals surface area contributed by atoms with Gasteiger partial charge in [0.1, 0.15) is 23.3 Å². The molecule has 1 atom stereocenters. The van der Waals surface area contributed by atoms with Crippen LogP contribution in [0.2, 0.25) is 0 Å². The molecule has 2 heterocycles. The number of anilines is 2. The fraction of sp³-hybridized carbons (Fsp3) is 0.531. The number of aryl methyl sites for hydroxylation is 2. The monoisotopic (exact) mass is 577 g/mol. The summed E-state index contributed by atoms with van der Waals surface area (Å²) in [5, 5.41) is 9.36. The molecule has 3 rings (SSSR count). The molecule has 0 bridgehead atoms. The van der Waals surface area contributed by atoms with E-state index in [1.54, 1.807) is 6.20 Å². The zero-order valence-electron chi connectivity index (χ0n) is 26.0. The molecule has 10 heteroatoms. The molecule has 10 nitrogen and oxygen atoms in total. The molecular formula is C32H47N7O3. The predicted molar refractivity (Wildman–Crippen MR) is 169 cm³/mol. The summed E-state index contributed by atoms with van der Waals surface area (Å²) in [4.78, 5) is 40.9. The maximum atomic E-state index is 13.2. The van der Waals surface area contributed by atoms with Crippen LogP contribution in [0.5, 0.6) is 0 Å². The third-order valence-electron chi connectivity index (χ3n) is 6.81. The first-order valence-corrected chi connectivity index (χ1v) is 14.9. The highest BCUT2D eigenvalue weighted by Gasteiger charge is 2.26. The smallest absolute Gasteiger partial charge is 0.329 e. The van der Waals surface area contributed by atoms with Crippen molar-refractivity contribution >= 4 is 34.5 Å². The highest BCUT2D eigenvalue weighted by Crippen LogP contribution is 2.17. The lowest BCUT2D eigenvalue weighted by atomic mass is 10.1. The highest BCUT2D eigenvalue weighted by atomic mass is 16.6. The molecule has 0 aliphatic carbocycles. The number of ether oxygens (including phenoxy) is 1. The second kappa shape index (κ2) is 16.0. The van der Waals surface area contributed by atoms with Crippen LogP contribution < -0.4 is 16.0 Å². The van der Waals surface area contributed by atoms with E-state index >= 15 is 0 Å². The molecule has 0 aliphatic heterocycles. The van der Waals surface area contributed by atoms with Crippen molar-refractivity contribution in [1.82, 2.24) is 25.2 Å². The number of unbranched alkanes of at least 4 members (excludes halogenated alkanes) is 1. The van der Waals surface area contributed by atoms with Gasteiger partial charge in [-0.3, -0.25) is 9.78 Å². The van der Waals surface area contributed by atoms with E-state index in [0.717, 1.165) is 54.8 Å². The fourth-order valence-corrected chi connectivity index (χ4v) is 4.68. The maximum Gasteiger partial charge on any atom is 0.329 e. The number of para-hydroxylation sites is 2. The van der Waals surface area contributed by atoms with Crippen LogP contribution in [0.25, 0.3) is 11.0 Å². The number of carbonyl (C=O) groups is 2. The number of aromatic nitrogens is 3. The lowest BCUT2D eigenvalue weighted by Crippen LogP contribution is -2.41. The van der Waals surface area contributed by atoms with Crippen molar-refractivity contribution in [2.24, 2.45) is 0 Å². The molecule has 1 aromatic carbocycles. The predicted octanol–water partition coefficient (Wildman–Crippen LogP) is 4.60. The van der Waals surface area contributed by atoms with Gasteiger partial charge >= 0.3 is 5.97 Å². The van der Waals surface area contributed by atoms with Crippen molar-refractivity contribution in [1.29, 1.82) is 0 Å². The van der Waals surface area contributed by atoms with Gasteiger partial charge in [0.25, 0.3) is 0 Å². The first-order chi connectivity index (χ1) is 20.1. The van der Waals surface area contributed by atoms with Crippen LogP contribution in [0.3, 0.4) is 0 Å². The molecule has 0 fully saturated rings. The molecular weight excluding hydrogens is 530 g/mol. The van der Waals surface area contributed by atoms with E-state index in [1.165, 1.54) is 12.5 Å². The van der Waals surface area contributed by atoms with Crippen LogP contribution >= 0.6 is 0 Å². The Bertz CT molecular complexity index is 1310. The van der Waals surface area contributed by atoms with Crippen LogP contribution in [0.1, 0.15) is 65.1 Å².